The fourth-order valence-electron chi connectivity index (χ4n) is 1.75. The van der Waals surface area contributed by atoms with E-state index < -0.39 is 0 Å². The van der Waals surface area contributed by atoms with Gasteiger partial charge in [-0.3, -0.25) is 9.67 Å². The van der Waals surface area contributed by atoms with Crippen LogP contribution in [0.15, 0.2) is 22.8 Å². The molecule has 6 heteroatoms. The third kappa shape index (κ3) is 3.13. The lowest BCUT2D eigenvalue weighted by Gasteiger charge is -2.07. The Labute approximate surface area is 120 Å². The molecule has 0 bridgehead atoms. The van der Waals surface area contributed by atoms with Crippen molar-refractivity contribution in [3.8, 4) is 5.75 Å². The molecular formula is C13H17BrN4O. The minimum Gasteiger partial charge on any atom is -0.486 e. The number of hydrogen-bond donors (Lipinski definition) is 1. The SMILES string of the molecule is CCc1nn(C)c(COc2ccc(CN)nc2)c1Br. The van der Waals surface area contributed by atoms with Crippen LogP contribution in [0.2, 0.25) is 0 Å². The van der Waals surface area contributed by atoms with Crippen molar-refractivity contribution in [2.45, 2.75) is 26.5 Å². The largest absolute Gasteiger partial charge is 0.486 e. The number of halogens is 1. The average molecular weight is 325 g/mol. The first-order chi connectivity index (χ1) is 9.15. The molecule has 0 amide bonds. The van der Waals surface area contributed by atoms with Crippen molar-refractivity contribution in [3.05, 3.63) is 39.9 Å². The van der Waals surface area contributed by atoms with E-state index in [9.17, 15) is 0 Å². The van der Waals surface area contributed by atoms with Gasteiger partial charge in [0.15, 0.2) is 0 Å². The molecule has 2 rings (SSSR count). The highest BCUT2D eigenvalue weighted by Gasteiger charge is 2.12. The Morgan fingerprint density at radius 2 is 2.21 bits per heavy atom. The highest BCUT2D eigenvalue weighted by Crippen LogP contribution is 2.23. The van der Waals surface area contributed by atoms with Crippen LogP contribution in [0.4, 0.5) is 0 Å². The van der Waals surface area contributed by atoms with Crippen molar-refractivity contribution in [1.29, 1.82) is 0 Å². The fraction of sp³-hybridized carbons (Fsp3) is 0.385. The molecule has 0 aliphatic heterocycles. The number of rotatable bonds is 5. The van der Waals surface area contributed by atoms with Gasteiger partial charge < -0.3 is 10.5 Å². The fourth-order valence-corrected chi connectivity index (χ4v) is 2.48. The van der Waals surface area contributed by atoms with Crippen molar-refractivity contribution >= 4 is 15.9 Å². The molecule has 0 saturated heterocycles. The highest BCUT2D eigenvalue weighted by atomic mass is 79.9. The summed E-state index contributed by atoms with van der Waals surface area (Å²) in [5.41, 5.74) is 8.40. The van der Waals surface area contributed by atoms with E-state index in [0.29, 0.717) is 13.2 Å². The van der Waals surface area contributed by atoms with Crippen LogP contribution in [0.3, 0.4) is 0 Å². The predicted octanol–water partition coefficient (Wildman–Crippen LogP) is 2.18. The Kier molecular flexibility index (Phi) is 4.55. The lowest BCUT2D eigenvalue weighted by Crippen LogP contribution is -2.04. The molecule has 5 nitrogen and oxygen atoms in total. The van der Waals surface area contributed by atoms with Gasteiger partial charge in [0.25, 0.3) is 0 Å². The highest BCUT2D eigenvalue weighted by molar-refractivity contribution is 9.10. The van der Waals surface area contributed by atoms with Crippen LogP contribution in [0.25, 0.3) is 0 Å². The molecule has 0 aliphatic rings. The van der Waals surface area contributed by atoms with Crippen molar-refractivity contribution in [3.63, 3.8) is 0 Å². The van der Waals surface area contributed by atoms with Crippen molar-refractivity contribution in [2.75, 3.05) is 0 Å². The van der Waals surface area contributed by atoms with Crippen molar-refractivity contribution in [2.24, 2.45) is 12.8 Å². The first-order valence-electron chi connectivity index (χ1n) is 6.13. The van der Waals surface area contributed by atoms with Crippen LogP contribution >= 0.6 is 15.9 Å². The summed E-state index contributed by atoms with van der Waals surface area (Å²) in [5.74, 6) is 0.725. The first kappa shape index (κ1) is 14.0. The molecule has 0 radical (unpaired) electrons. The summed E-state index contributed by atoms with van der Waals surface area (Å²) < 4.78 is 8.57. The number of aromatic nitrogens is 3. The molecule has 2 heterocycles. The normalized spacial score (nSPS) is 10.7. The van der Waals surface area contributed by atoms with E-state index in [-0.39, 0.29) is 0 Å². The molecule has 2 aromatic rings. The van der Waals surface area contributed by atoms with Crippen molar-refractivity contribution < 1.29 is 4.74 Å². The maximum Gasteiger partial charge on any atom is 0.138 e. The summed E-state index contributed by atoms with van der Waals surface area (Å²) in [6, 6.07) is 3.74. The summed E-state index contributed by atoms with van der Waals surface area (Å²) in [5, 5.41) is 4.43. The second kappa shape index (κ2) is 6.16. The Bertz CT molecular complexity index is 551. The molecule has 0 saturated carbocycles. The van der Waals surface area contributed by atoms with E-state index >= 15 is 0 Å². The van der Waals surface area contributed by atoms with Crippen LogP contribution < -0.4 is 10.5 Å². The van der Waals surface area contributed by atoms with E-state index in [4.69, 9.17) is 10.5 Å². The molecule has 0 fully saturated rings. The number of ether oxygens (including phenoxy) is 1. The second-order valence-corrected chi connectivity index (χ2v) is 4.96. The average Bonchev–Trinajstić information content (AvgIpc) is 2.72. The van der Waals surface area contributed by atoms with E-state index in [1.54, 1.807) is 6.20 Å². The quantitative estimate of drug-likeness (QED) is 0.915. The third-order valence-corrected chi connectivity index (χ3v) is 3.80. The van der Waals surface area contributed by atoms with Crippen LogP contribution in [0.1, 0.15) is 24.0 Å². The third-order valence-electron chi connectivity index (χ3n) is 2.89. The van der Waals surface area contributed by atoms with Crippen LogP contribution in [-0.2, 0) is 26.6 Å². The summed E-state index contributed by atoms with van der Waals surface area (Å²) in [6.45, 7) is 2.97. The van der Waals surface area contributed by atoms with Gasteiger partial charge in [0, 0.05) is 13.6 Å². The molecule has 0 atom stereocenters. The summed E-state index contributed by atoms with van der Waals surface area (Å²) >= 11 is 3.56. The van der Waals surface area contributed by atoms with Crippen LogP contribution in [0, 0.1) is 0 Å². The van der Waals surface area contributed by atoms with Crippen LogP contribution in [0.5, 0.6) is 5.75 Å². The zero-order valence-electron chi connectivity index (χ0n) is 11.1. The number of hydrogen-bond acceptors (Lipinski definition) is 4. The standard InChI is InChI=1S/C13H17BrN4O/c1-3-11-13(14)12(18(2)17-11)8-19-10-5-4-9(6-15)16-7-10/h4-5,7H,3,6,8,15H2,1-2H3. The Morgan fingerprint density at radius 1 is 1.42 bits per heavy atom. The Balaban J connectivity index is 2.07. The smallest absolute Gasteiger partial charge is 0.138 e. The molecule has 0 aliphatic carbocycles. The van der Waals surface area contributed by atoms with Gasteiger partial charge >= 0.3 is 0 Å². The molecule has 102 valence electrons. The molecule has 2 aromatic heterocycles. The number of pyridine rings is 1. The minimum atomic E-state index is 0.438. The van der Waals surface area contributed by atoms with Gasteiger partial charge in [-0.15, -0.1) is 0 Å². The van der Waals surface area contributed by atoms with E-state index in [0.717, 1.165) is 33.7 Å². The molecule has 0 spiro atoms. The van der Waals surface area contributed by atoms with Gasteiger partial charge in [-0.25, -0.2) is 0 Å². The maximum atomic E-state index is 5.72. The maximum absolute atomic E-state index is 5.72. The van der Waals surface area contributed by atoms with E-state index in [1.807, 2.05) is 23.9 Å². The summed E-state index contributed by atoms with van der Waals surface area (Å²) in [7, 11) is 1.92. The summed E-state index contributed by atoms with van der Waals surface area (Å²) in [4.78, 5) is 4.19. The zero-order valence-corrected chi connectivity index (χ0v) is 12.6. The molecular weight excluding hydrogens is 308 g/mol. The number of aryl methyl sites for hydroxylation is 2. The topological polar surface area (TPSA) is 66.0 Å². The van der Waals surface area contributed by atoms with E-state index in [1.165, 1.54) is 0 Å². The van der Waals surface area contributed by atoms with E-state index in [2.05, 4.69) is 32.9 Å². The van der Waals surface area contributed by atoms with Crippen molar-refractivity contribution in [1.82, 2.24) is 14.8 Å². The molecule has 2 N–H and O–H groups in total. The van der Waals surface area contributed by atoms with Gasteiger partial charge in [0.05, 0.1) is 27.8 Å². The zero-order chi connectivity index (χ0) is 13.8. The van der Waals surface area contributed by atoms with Gasteiger partial charge in [-0.1, -0.05) is 6.92 Å². The number of nitrogens with zero attached hydrogens (tertiary/aromatic N) is 3. The van der Waals surface area contributed by atoms with Crippen LogP contribution in [-0.4, -0.2) is 14.8 Å². The lowest BCUT2D eigenvalue weighted by atomic mass is 10.3. The Hall–Kier alpha value is -1.40. The molecule has 0 aromatic carbocycles. The Morgan fingerprint density at radius 3 is 2.74 bits per heavy atom. The monoisotopic (exact) mass is 324 g/mol. The molecule has 0 unspecified atom stereocenters. The lowest BCUT2D eigenvalue weighted by molar-refractivity contribution is 0.293. The number of nitrogens with two attached hydrogens (primary N) is 1. The van der Waals surface area contributed by atoms with Gasteiger partial charge in [-0.05, 0) is 34.5 Å². The van der Waals surface area contributed by atoms with Gasteiger partial charge in [0.1, 0.15) is 12.4 Å². The summed E-state index contributed by atoms with van der Waals surface area (Å²) in [6.07, 6.45) is 2.58. The first-order valence-corrected chi connectivity index (χ1v) is 6.93. The molecule has 19 heavy (non-hydrogen) atoms. The second-order valence-electron chi connectivity index (χ2n) is 4.16. The van der Waals surface area contributed by atoms with Gasteiger partial charge in [0.2, 0.25) is 0 Å². The predicted molar refractivity (Wildman–Crippen MR) is 76.7 cm³/mol. The van der Waals surface area contributed by atoms with Gasteiger partial charge in [-0.2, -0.15) is 5.10 Å². The minimum absolute atomic E-state index is 0.438.